The van der Waals surface area contributed by atoms with Gasteiger partial charge in [-0.2, -0.15) is 13.2 Å². The second-order valence-electron chi connectivity index (χ2n) is 4.25. The number of nitrogens with zero attached hydrogens (tertiary/aromatic N) is 1. The quantitative estimate of drug-likeness (QED) is 0.912. The molecule has 0 saturated heterocycles. The van der Waals surface area contributed by atoms with Crippen LogP contribution in [0.3, 0.4) is 0 Å². The van der Waals surface area contributed by atoms with E-state index in [1.165, 1.54) is 12.1 Å². The highest BCUT2D eigenvalue weighted by molar-refractivity contribution is 5.86. The van der Waals surface area contributed by atoms with Crippen molar-refractivity contribution in [1.29, 1.82) is 0 Å². The highest BCUT2D eigenvalue weighted by Crippen LogP contribution is 2.32. The zero-order valence-corrected chi connectivity index (χ0v) is 11.2. The number of hydrogen-bond acceptors (Lipinski definition) is 4. The van der Waals surface area contributed by atoms with Gasteiger partial charge in [-0.05, 0) is 18.2 Å². The van der Waals surface area contributed by atoms with Crippen LogP contribution in [0.1, 0.15) is 11.3 Å². The molecule has 116 valence electrons. The average molecular weight is 311 g/mol. The van der Waals surface area contributed by atoms with Gasteiger partial charge in [-0.1, -0.05) is 18.2 Å². The molecule has 0 spiro atoms. The van der Waals surface area contributed by atoms with E-state index in [0.29, 0.717) is 0 Å². The highest BCUT2D eigenvalue weighted by Gasteiger charge is 2.34. The van der Waals surface area contributed by atoms with Gasteiger partial charge in [0, 0.05) is 6.54 Å². The Morgan fingerprint density at radius 1 is 1.27 bits per heavy atom. The number of carbonyl (C=O) groups is 1. The fourth-order valence-corrected chi connectivity index (χ4v) is 1.71. The Hall–Kier alpha value is -2.61. The topological polar surface area (TPSA) is 77.2 Å². The zero-order valence-electron chi connectivity index (χ0n) is 11.2. The maximum atomic E-state index is 12.9. The average Bonchev–Trinajstić information content (AvgIpc) is 2.47. The summed E-state index contributed by atoms with van der Waals surface area (Å²) in [6.07, 6.45) is -4.44. The molecule has 0 radical (unpaired) electrons. The molecule has 2 rings (SSSR count). The van der Waals surface area contributed by atoms with E-state index in [4.69, 9.17) is 10.5 Å². The van der Waals surface area contributed by atoms with Crippen LogP contribution in [-0.4, -0.2) is 11.1 Å². The Bertz CT molecular complexity index is 660. The number of pyridine rings is 1. The molecular weight excluding hydrogens is 299 g/mol. The van der Waals surface area contributed by atoms with Gasteiger partial charge >= 0.3 is 12.3 Å². The fraction of sp³-hybridized carbons (Fsp3) is 0.143. The summed E-state index contributed by atoms with van der Waals surface area (Å²) in [7, 11) is 0. The zero-order chi connectivity index (χ0) is 16.2. The lowest BCUT2D eigenvalue weighted by atomic mass is 10.1. The number of amides is 1. The Kier molecular flexibility index (Phi) is 4.62. The standard InChI is InChI=1S/C14H12F3N3O2/c15-14(16,17)11-6-9(8-19-12(11)7-18)20-13(21)22-10-4-2-1-3-5-10/h1-6,8H,7,18H2,(H,20,21). The minimum Gasteiger partial charge on any atom is -0.410 e. The number of aromatic nitrogens is 1. The summed E-state index contributed by atoms with van der Waals surface area (Å²) in [5.74, 6) is 0.266. The van der Waals surface area contributed by atoms with Gasteiger partial charge in [-0.3, -0.25) is 10.3 Å². The van der Waals surface area contributed by atoms with Gasteiger partial charge < -0.3 is 10.5 Å². The maximum absolute atomic E-state index is 12.9. The van der Waals surface area contributed by atoms with Gasteiger partial charge in [0.15, 0.2) is 0 Å². The first-order valence-electron chi connectivity index (χ1n) is 6.20. The van der Waals surface area contributed by atoms with Gasteiger partial charge in [0.25, 0.3) is 0 Å². The van der Waals surface area contributed by atoms with Crippen molar-refractivity contribution in [3.05, 3.63) is 53.9 Å². The summed E-state index contributed by atoms with van der Waals surface area (Å²) < 4.78 is 43.5. The highest BCUT2D eigenvalue weighted by atomic mass is 19.4. The molecule has 1 amide bonds. The molecule has 3 N–H and O–H groups in total. The first-order valence-corrected chi connectivity index (χ1v) is 6.20. The molecule has 2 aromatic rings. The van der Waals surface area contributed by atoms with Crippen LogP contribution in [0, 0.1) is 0 Å². The Morgan fingerprint density at radius 3 is 2.55 bits per heavy atom. The number of nitrogens with two attached hydrogens (primary N) is 1. The molecule has 0 fully saturated rings. The number of carbonyl (C=O) groups excluding carboxylic acids is 1. The fourth-order valence-electron chi connectivity index (χ4n) is 1.71. The second kappa shape index (κ2) is 6.44. The first kappa shape index (κ1) is 15.8. The van der Waals surface area contributed by atoms with Crippen molar-refractivity contribution in [2.75, 3.05) is 5.32 Å². The largest absolute Gasteiger partial charge is 0.418 e. The van der Waals surface area contributed by atoms with E-state index in [2.05, 4.69) is 10.3 Å². The Morgan fingerprint density at radius 2 is 1.95 bits per heavy atom. The van der Waals surface area contributed by atoms with Crippen LogP contribution < -0.4 is 15.8 Å². The number of para-hydroxylation sites is 1. The van der Waals surface area contributed by atoms with E-state index < -0.39 is 17.8 Å². The van der Waals surface area contributed by atoms with E-state index in [-0.39, 0.29) is 23.7 Å². The molecule has 8 heteroatoms. The smallest absolute Gasteiger partial charge is 0.410 e. The number of halogens is 3. The number of nitrogens with one attached hydrogen (secondary N) is 1. The maximum Gasteiger partial charge on any atom is 0.418 e. The third kappa shape index (κ3) is 3.95. The summed E-state index contributed by atoms with van der Waals surface area (Å²) in [6.45, 7) is -0.358. The van der Waals surface area contributed by atoms with Crippen LogP contribution in [0.15, 0.2) is 42.6 Å². The summed E-state index contributed by atoms with van der Waals surface area (Å²) in [4.78, 5) is 15.2. The van der Waals surface area contributed by atoms with Crippen LogP contribution >= 0.6 is 0 Å². The van der Waals surface area contributed by atoms with Crippen molar-refractivity contribution in [3.63, 3.8) is 0 Å². The van der Waals surface area contributed by atoms with Crippen molar-refractivity contribution >= 4 is 11.8 Å². The number of rotatable bonds is 3. The number of anilines is 1. The van der Waals surface area contributed by atoms with E-state index >= 15 is 0 Å². The van der Waals surface area contributed by atoms with E-state index in [9.17, 15) is 18.0 Å². The minimum absolute atomic E-state index is 0.134. The van der Waals surface area contributed by atoms with Crippen LogP contribution in [0.2, 0.25) is 0 Å². The third-order valence-electron chi connectivity index (χ3n) is 2.67. The van der Waals surface area contributed by atoms with E-state index in [0.717, 1.165) is 12.3 Å². The lowest BCUT2D eigenvalue weighted by Gasteiger charge is -2.13. The SMILES string of the molecule is NCc1ncc(NC(=O)Oc2ccccc2)cc1C(F)(F)F. The molecular formula is C14H12F3N3O2. The molecule has 22 heavy (non-hydrogen) atoms. The van der Waals surface area contributed by atoms with Crippen molar-refractivity contribution in [2.24, 2.45) is 5.73 Å². The van der Waals surface area contributed by atoms with Gasteiger partial charge in [-0.15, -0.1) is 0 Å². The monoisotopic (exact) mass is 311 g/mol. The number of alkyl halides is 3. The third-order valence-corrected chi connectivity index (χ3v) is 2.67. The van der Waals surface area contributed by atoms with Gasteiger partial charge in [0.2, 0.25) is 0 Å². The predicted octanol–water partition coefficient (Wildman–Crippen LogP) is 3.17. The van der Waals surface area contributed by atoms with Gasteiger partial charge in [0.1, 0.15) is 5.75 Å². The minimum atomic E-state index is -4.61. The summed E-state index contributed by atoms with van der Waals surface area (Å²) in [5.41, 5.74) is 3.80. The molecule has 0 bridgehead atoms. The molecule has 0 aliphatic rings. The lowest BCUT2D eigenvalue weighted by Crippen LogP contribution is -2.19. The van der Waals surface area contributed by atoms with Gasteiger partial charge in [-0.25, -0.2) is 4.79 Å². The molecule has 5 nitrogen and oxygen atoms in total. The predicted molar refractivity (Wildman–Crippen MR) is 73.2 cm³/mol. The summed E-state index contributed by atoms with van der Waals surface area (Å²) in [5, 5.41) is 2.19. The molecule has 1 aromatic carbocycles. The molecule has 0 saturated carbocycles. The Balaban J connectivity index is 2.14. The molecule has 0 aliphatic heterocycles. The Labute approximate surface area is 123 Å². The van der Waals surface area contributed by atoms with Crippen molar-refractivity contribution in [3.8, 4) is 5.75 Å². The van der Waals surface area contributed by atoms with E-state index in [1.807, 2.05) is 0 Å². The van der Waals surface area contributed by atoms with Crippen molar-refractivity contribution in [1.82, 2.24) is 4.98 Å². The van der Waals surface area contributed by atoms with Crippen LogP contribution in [0.25, 0.3) is 0 Å². The normalized spacial score (nSPS) is 11.1. The first-order chi connectivity index (χ1) is 10.4. The molecule has 1 heterocycles. The molecule has 1 aromatic heterocycles. The van der Waals surface area contributed by atoms with Crippen molar-refractivity contribution < 1.29 is 22.7 Å². The molecule has 0 unspecified atom stereocenters. The second-order valence-corrected chi connectivity index (χ2v) is 4.25. The van der Waals surface area contributed by atoms with Crippen molar-refractivity contribution in [2.45, 2.75) is 12.7 Å². The summed E-state index contributed by atoms with van der Waals surface area (Å²) in [6, 6.07) is 8.88. The number of benzene rings is 1. The van der Waals surface area contributed by atoms with Crippen LogP contribution in [0.4, 0.5) is 23.7 Å². The number of ether oxygens (including phenoxy) is 1. The lowest BCUT2D eigenvalue weighted by molar-refractivity contribution is -0.138. The van der Waals surface area contributed by atoms with Crippen LogP contribution in [0.5, 0.6) is 5.75 Å². The van der Waals surface area contributed by atoms with E-state index in [1.54, 1.807) is 18.2 Å². The molecule has 0 aliphatic carbocycles. The summed E-state index contributed by atoms with van der Waals surface area (Å²) >= 11 is 0. The van der Waals surface area contributed by atoms with Crippen LogP contribution in [-0.2, 0) is 12.7 Å². The number of hydrogen-bond donors (Lipinski definition) is 2. The van der Waals surface area contributed by atoms with Gasteiger partial charge in [0.05, 0.1) is 23.1 Å². The molecule has 0 atom stereocenters.